The molecule has 6 heteroatoms. The van der Waals surface area contributed by atoms with Crippen LogP contribution in [0.25, 0.3) is 0 Å². The van der Waals surface area contributed by atoms with Crippen LogP contribution in [0.15, 0.2) is 18.3 Å². The van der Waals surface area contributed by atoms with Gasteiger partial charge in [-0.25, -0.2) is 13.8 Å². The molecule has 0 radical (unpaired) electrons. The summed E-state index contributed by atoms with van der Waals surface area (Å²) in [4.78, 5) is 14.8. The number of pyridine rings is 1. The zero-order valence-electron chi connectivity index (χ0n) is 7.01. The van der Waals surface area contributed by atoms with Gasteiger partial charge in [-0.05, 0) is 12.1 Å². The van der Waals surface area contributed by atoms with Crippen LogP contribution < -0.4 is 5.32 Å². The third-order valence-electron chi connectivity index (χ3n) is 1.38. The second kappa shape index (κ2) is 4.85. The van der Waals surface area contributed by atoms with Crippen LogP contribution in [-0.2, 0) is 0 Å². The van der Waals surface area contributed by atoms with E-state index in [4.69, 9.17) is 11.6 Å². The van der Waals surface area contributed by atoms with Crippen molar-refractivity contribution in [1.82, 2.24) is 10.3 Å². The van der Waals surface area contributed by atoms with E-state index in [1.807, 2.05) is 5.32 Å². The van der Waals surface area contributed by atoms with E-state index in [1.165, 1.54) is 18.3 Å². The molecule has 0 atom stereocenters. The number of aromatic nitrogens is 1. The first-order valence-corrected chi connectivity index (χ1v) is 4.15. The number of hydrogen-bond acceptors (Lipinski definition) is 2. The molecule has 0 spiro atoms. The van der Waals surface area contributed by atoms with Crippen molar-refractivity contribution in [3.05, 3.63) is 29.0 Å². The Balaban J connectivity index is 2.57. The van der Waals surface area contributed by atoms with Gasteiger partial charge in [0.15, 0.2) is 0 Å². The largest absolute Gasteiger partial charge is 0.345 e. The first-order valence-electron chi connectivity index (χ1n) is 3.77. The third-order valence-corrected chi connectivity index (χ3v) is 1.60. The second-order valence-corrected chi connectivity index (χ2v) is 2.90. The highest BCUT2D eigenvalue weighted by molar-refractivity contribution is 6.30. The van der Waals surface area contributed by atoms with Gasteiger partial charge in [0.25, 0.3) is 12.3 Å². The van der Waals surface area contributed by atoms with Gasteiger partial charge in [0.1, 0.15) is 5.69 Å². The van der Waals surface area contributed by atoms with E-state index in [-0.39, 0.29) is 5.69 Å². The molecular formula is C8H7ClF2N2O. The molecule has 1 rings (SSSR count). The first kappa shape index (κ1) is 10.8. The van der Waals surface area contributed by atoms with Gasteiger partial charge in [-0.1, -0.05) is 11.6 Å². The quantitative estimate of drug-likeness (QED) is 0.843. The number of rotatable bonds is 3. The number of carbonyl (C=O) groups excluding carboxylic acids is 1. The molecule has 0 fully saturated rings. The van der Waals surface area contributed by atoms with E-state index in [0.717, 1.165) is 0 Å². The number of carbonyl (C=O) groups is 1. The van der Waals surface area contributed by atoms with Crippen LogP contribution in [0.4, 0.5) is 8.78 Å². The predicted octanol–water partition coefficient (Wildman–Crippen LogP) is 1.73. The molecule has 1 amide bonds. The standard InChI is InChI=1S/C8H7ClF2N2O/c9-5-1-2-6(12-3-5)8(14)13-4-7(10)11/h1-3,7H,4H2,(H,13,14). The summed E-state index contributed by atoms with van der Waals surface area (Å²) in [5.74, 6) is -0.637. The summed E-state index contributed by atoms with van der Waals surface area (Å²) < 4.78 is 23.4. The minimum absolute atomic E-state index is 0.0649. The molecule has 14 heavy (non-hydrogen) atoms. The van der Waals surface area contributed by atoms with Crippen molar-refractivity contribution >= 4 is 17.5 Å². The summed E-state index contributed by atoms with van der Waals surface area (Å²) in [7, 11) is 0. The van der Waals surface area contributed by atoms with Crippen LogP contribution in [-0.4, -0.2) is 23.9 Å². The Morgan fingerprint density at radius 1 is 1.57 bits per heavy atom. The maximum absolute atomic E-state index is 11.7. The van der Waals surface area contributed by atoms with E-state index in [0.29, 0.717) is 5.02 Å². The van der Waals surface area contributed by atoms with Crippen molar-refractivity contribution in [3.8, 4) is 0 Å². The zero-order valence-corrected chi connectivity index (χ0v) is 7.76. The Kier molecular flexibility index (Phi) is 3.76. The average molecular weight is 221 g/mol. The lowest BCUT2D eigenvalue weighted by molar-refractivity contribution is 0.0887. The lowest BCUT2D eigenvalue weighted by atomic mass is 10.3. The smallest absolute Gasteiger partial charge is 0.270 e. The summed E-state index contributed by atoms with van der Waals surface area (Å²) in [6, 6.07) is 2.83. The van der Waals surface area contributed by atoms with Gasteiger partial charge in [0.2, 0.25) is 0 Å². The normalized spacial score (nSPS) is 10.3. The maximum Gasteiger partial charge on any atom is 0.270 e. The number of hydrogen-bond donors (Lipinski definition) is 1. The molecule has 3 nitrogen and oxygen atoms in total. The molecule has 0 bridgehead atoms. The monoisotopic (exact) mass is 220 g/mol. The second-order valence-electron chi connectivity index (χ2n) is 2.46. The predicted molar refractivity (Wildman–Crippen MR) is 47.6 cm³/mol. The number of alkyl halides is 2. The summed E-state index contributed by atoms with van der Waals surface area (Å²) >= 11 is 5.53. The highest BCUT2D eigenvalue weighted by atomic mass is 35.5. The minimum Gasteiger partial charge on any atom is -0.345 e. The van der Waals surface area contributed by atoms with Gasteiger partial charge in [0.05, 0.1) is 11.6 Å². The molecule has 0 saturated heterocycles. The van der Waals surface area contributed by atoms with Gasteiger partial charge in [-0.2, -0.15) is 0 Å². The highest BCUT2D eigenvalue weighted by Crippen LogP contribution is 2.05. The summed E-state index contributed by atoms with van der Waals surface area (Å²) in [6.45, 7) is -0.677. The number of nitrogens with zero attached hydrogens (tertiary/aromatic N) is 1. The molecule has 0 aromatic carbocycles. The maximum atomic E-state index is 11.7. The topological polar surface area (TPSA) is 42.0 Å². The van der Waals surface area contributed by atoms with Crippen molar-refractivity contribution in [2.45, 2.75) is 6.43 Å². The average Bonchev–Trinajstić information content (AvgIpc) is 2.15. The summed E-state index contributed by atoms with van der Waals surface area (Å²) in [5.41, 5.74) is 0.0649. The Morgan fingerprint density at radius 2 is 2.29 bits per heavy atom. The van der Waals surface area contributed by atoms with Crippen molar-refractivity contribution in [3.63, 3.8) is 0 Å². The molecule has 0 saturated carbocycles. The SMILES string of the molecule is O=C(NCC(F)F)c1ccc(Cl)cn1. The van der Waals surface area contributed by atoms with Crippen LogP contribution in [0.5, 0.6) is 0 Å². The highest BCUT2D eigenvalue weighted by Gasteiger charge is 2.09. The van der Waals surface area contributed by atoms with Gasteiger partial charge in [0, 0.05) is 6.20 Å². The molecule has 76 valence electrons. The van der Waals surface area contributed by atoms with Crippen LogP contribution in [0.2, 0.25) is 5.02 Å². The Labute approximate surface area is 84.1 Å². The van der Waals surface area contributed by atoms with Crippen molar-refractivity contribution in [2.24, 2.45) is 0 Å². The zero-order chi connectivity index (χ0) is 10.6. The summed E-state index contributed by atoms with van der Waals surface area (Å²) in [6.07, 6.45) is -1.29. The van der Waals surface area contributed by atoms with Gasteiger partial charge in [-0.15, -0.1) is 0 Å². The minimum atomic E-state index is -2.56. The van der Waals surface area contributed by atoms with E-state index in [1.54, 1.807) is 0 Å². The molecule has 1 aromatic heterocycles. The fourth-order valence-corrected chi connectivity index (χ4v) is 0.882. The van der Waals surface area contributed by atoms with E-state index in [2.05, 4.69) is 4.98 Å². The molecule has 1 aromatic rings. The molecule has 0 aliphatic carbocycles. The van der Waals surface area contributed by atoms with Gasteiger partial charge < -0.3 is 5.32 Å². The van der Waals surface area contributed by atoms with Crippen LogP contribution in [0, 0.1) is 0 Å². The lowest BCUT2D eigenvalue weighted by Crippen LogP contribution is -2.29. The van der Waals surface area contributed by atoms with Crippen molar-refractivity contribution < 1.29 is 13.6 Å². The van der Waals surface area contributed by atoms with E-state index in [9.17, 15) is 13.6 Å². The Morgan fingerprint density at radius 3 is 2.79 bits per heavy atom. The molecule has 0 unspecified atom stereocenters. The first-order chi connectivity index (χ1) is 6.59. The third kappa shape index (κ3) is 3.26. The van der Waals surface area contributed by atoms with E-state index >= 15 is 0 Å². The fourth-order valence-electron chi connectivity index (χ4n) is 0.771. The Bertz CT molecular complexity index is 316. The molecule has 0 aliphatic heterocycles. The number of nitrogens with one attached hydrogen (secondary N) is 1. The van der Waals surface area contributed by atoms with Crippen LogP contribution >= 0.6 is 11.6 Å². The molecular weight excluding hydrogens is 214 g/mol. The fraction of sp³-hybridized carbons (Fsp3) is 0.250. The van der Waals surface area contributed by atoms with Crippen molar-refractivity contribution in [2.75, 3.05) is 6.54 Å². The van der Waals surface area contributed by atoms with Crippen LogP contribution in [0.1, 0.15) is 10.5 Å². The summed E-state index contributed by atoms with van der Waals surface area (Å²) in [5, 5.41) is 2.41. The van der Waals surface area contributed by atoms with Gasteiger partial charge in [-0.3, -0.25) is 4.79 Å². The van der Waals surface area contributed by atoms with Crippen molar-refractivity contribution in [1.29, 1.82) is 0 Å². The molecule has 1 heterocycles. The molecule has 1 N–H and O–H groups in total. The van der Waals surface area contributed by atoms with Crippen LogP contribution in [0.3, 0.4) is 0 Å². The molecule has 0 aliphatic rings. The lowest BCUT2D eigenvalue weighted by Gasteiger charge is -2.02. The Hall–Kier alpha value is -1.23. The number of halogens is 3. The number of amides is 1. The van der Waals surface area contributed by atoms with E-state index < -0.39 is 18.9 Å². The van der Waals surface area contributed by atoms with Gasteiger partial charge >= 0.3 is 0 Å².